The minimum absolute atomic E-state index is 0.0476. The van der Waals surface area contributed by atoms with Crippen LogP contribution in [0.1, 0.15) is 47.5 Å². The molecule has 2 aliphatic rings. The van der Waals surface area contributed by atoms with Crippen LogP contribution < -0.4 is 0 Å². The highest BCUT2D eigenvalue weighted by Gasteiger charge is 2.62. The largest absolute Gasteiger partial charge is 0.466 e. The maximum absolute atomic E-state index is 12.7. The summed E-state index contributed by atoms with van der Waals surface area (Å²) in [5.74, 6) is -1.04. The standard InChI is InChI=1S/C21H28O5/c1-7-8-9-14-13(3)17(11-16(14)22)26-20(24)18-15(21(18,4)5)10-12(2)19(23)25-6/h7-8,10,15,17-18H,9,11H2,1-6H3/b8-7-,12-10+/t15?,17?,18-/m0/s1. The summed E-state index contributed by atoms with van der Waals surface area (Å²) < 4.78 is 10.4. The van der Waals surface area contributed by atoms with E-state index >= 15 is 0 Å². The van der Waals surface area contributed by atoms with Gasteiger partial charge in [0.1, 0.15) is 6.10 Å². The van der Waals surface area contributed by atoms with Crippen molar-refractivity contribution in [3.05, 3.63) is 34.9 Å². The quantitative estimate of drug-likeness (QED) is 0.412. The van der Waals surface area contributed by atoms with E-state index in [0.717, 1.165) is 11.1 Å². The van der Waals surface area contributed by atoms with Gasteiger partial charge in [-0.25, -0.2) is 4.79 Å². The monoisotopic (exact) mass is 360 g/mol. The Bertz CT molecular complexity index is 708. The van der Waals surface area contributed by atoms with Gasteiger partial charge in [-0.1, -0.05) is 32.1 Å². The maximum atomic E-state index is 12.7. The molecule has 2 aliphatic carbocycles. The van der Waals surface area contributed by atoms with Gasteiger partial charge in [-0.2, -0.15) is 0 Å². The first-order valence-electron chi connectivity index (χ1n) is 8.96. The third kappa shape index (κ3) is 3.81. The number of Topliss-reactive ketones (excluding diaryl/α,β-unsaturated/α-hetero) is 1. The molecule has 3 atom stereocenters. The van der Waals surface area contributed by atoms with E-state index in [1.54, 1.807) is 13.0 Å². The molecule has 0 heterocycles. The predicted octanol–water partition coefficient (Wildman–Crippen LogP) is 3.55. The fraction of sp³-hybridized carbons (Fsp3) is 0.571. The third-order valence-electron chi connectivity index (χ3n) is 5.58. The van der Waals surface area contributed by atoms with E-state index in [9.17, 15) is 14.4 Å². The zero-order chi connectivity index (χ0) is 19.6. The molecule has 2 unspecified atom stereocenters. The predicted molar refractivity (Wildman–Crippen MR) is 98.2 cm³/mol. The van der Waals surface area contributed by atoms with Crippen molar-refractivity contribution in [3.63, 3.8) is 0 Å². The van der Waals surface area contributed by atoms with E-state index in [0.29, 0.717) is 12.0 Å². The highest BCUT2D eigenvalue weighted by Crippen LogP contribution is 2.60. The fourth-order valence-electron chi connectivity index (χ4n) is 3.65. The van der Waals surface area contributed by atoms with Crippen LogP contribution in [-0.2, 0) is 23.9 Å². The molecule has 0 saturated heterocycles. The van der Waals surface area contributed by atoms with Crippen LogP contribution in [0.3, 0.4) is 0 Å². The van der Waals surface area contributed by atoms with Crippen molar-refractivity contribution < 1.29 is 23.9 Å². The summed E-state index contributed by atoms with van der Waals surface area (Å²) in [5, 5.41) is 0. The lowest BCUT2D eigenvalue weighted by Gasteiger charge is -2.13. The number of carbonyl (C=O) groups excluding carboxylic acids is 3. The first-order valence-corrected chi connectivity index (χ1v) is 8.96. The maximum Gasteiger partial charge on any atom is 0.333 e. The Morgan fingerprint density at radius 3 is 2.54 bits per heavy atom. The van der Waals surface area contributed by atoms with Gasteiger partial charge < -0.3 is 9.47 Å². The summed E-state index contributed by atoms with van der Waals surface area (Å²) in [6.07, 6.45) is 5.95. The number of carbonyl (C=O) groups is 3. The van der Waals surface area contributed by atoms with E-state index in [4.69, 9.17) is 9.47 Å². The number of rotatable bonds is 6. The average molecular weight is 360 g/mol. The summed E-state index contributed by atoms with van der Waals surface area (Å²) in [6.45, 7) is 9.40. The summed E-state index contributed by atoms with van der Waals surface area (Å²) in [6, 6.07) is 0. The second-order valence-electron chi connectivity index (χ2n) is 7.65. The van der Waals surface area contributed by atoms with E-state index < -0.39 is 12.1 Å². The second-order valence-corrected chi connectivity index (χ2v) is 7.65. The number of ether oxygens (including phenoxy) is 2. The lowest BCUT2D eigenvalue weighted by Crippen LogP contribution is -2.20. The topological polar surface area (TPSA) is 69.7 Å². The van der Waals surface area contributed by atoms with Crippen molar-refractivity contribution in [3.8, 4) is 0 Å². The Morgan fingerprint density at radius 1 is 1.31 bits per heavy atom. The number of ketones is 1. The molecule has 0 aromatic carbocycles. The minimum Gasteiger partial charge on any atom is -0.466 e. The van der Waals surface area contributed by atoms with E-state index in [1.807, 2.05) is 39.8 Å². The molecule has 5 heteroatoms. The SMILES string of the molecule is C/C=C\CC1=C(C)C(OC(=O)[C@@H]2C(/C=C(\C)C(=O)OC)C2(C)C)CC1=O. The van der Waals surface area contributed by atoms with Gasteiger partial charge in [0.2, 0.25) is 0 Å². The molecule has 0 aromatic heterocycles. The van der Waals surface area contributed by atoms with Gasteiger partial charge in [-0.15, -0.1) is 0 Å². The fourth-order valence-corrected chi connectivity index (χ4v) is 3.65. The lowest BCUT2D eigenvalue weighted by atomic mass is 10.1. The highest BCUT2D eigenvalue weighted by molar-refractivity contribution is 6.00. The summed E-state index contributed by atoms with van der Waals surface area (Å²) in [5.41, 5.74) is 1.80. The molecule has 1 saturated carbocycles. The van der Waals surface area contributed by atoms with Gasteiger partial charge in [0.05, 0.1) is 19.4 Å². The van der Waals surface area contributed by atoms with Gasteiger partial charge in [-0.05, 0) is 44.1 Å². The van der Waals surface area contributed by atoms with Crippen LogP contribution in [0.4, 0.5) is 0 Å². The Hall–Kier alpha value is -2.17. The van der Waals surface area contributed by atoms with Crippen LogP contribution in [-0.4, -0.2) is 30.9 Å². The summed E-state index contributed by atoms with van der Waals surface area (Å²) >= 11 is 0. The smallest absolute Gasteiger partial charge is 0.333 e. The van der Waals surface area contributed by atoms with Crippen molar-refractivity contribution in [2.45, 2.75) is 53.6 Å². The molecule has 0 aromatic rings. The van der Waals surface area contributed by atoms with Crippen molar-refractivity contribution in [2.75, 3.05) is 7.11 Å². The molecular weight excluding hydrogens is 332 g/mol. The number of hydrogen-bond acceptors (Lipinski definition) is 5. The first kappa shape index (κ1) is 20.1. The Labute approximate surface area is 155 Å². The van der Waals surface area contributed by atoms with Crippen molar-refractivity contribution in [1.82, 2.24) is 0 Å². The normalized spacial score (nSPS) is 27.8. The van der Waals surface area contributed by atoms with Crippen molar-refractivity contribution in [1.29, 1.82) is 0 Å². The minimum atomic E-state index is -0.474. The lowest BCUT2D eigenvalue weighted by molar-refractivity contribution is -0.150. The van der Waals surface area contributed by atoms with Gasteiger partial charge >= 0.3 is 11.9 Å². The molecule has 1 fully saturated rings. The molecule has 0 spiro atoms. The molecule has 26 heavy (non-hydrogen) atoms. The van der Waals surface area contributed by atoms with Crippen LogP contribution >= 0.6 is 0 Å². The van der Waals surface area contributed by atoms with Crippen LogP contribution in [0.15, 0.2) is 34.9 Å². The van der Waals surface area contributed by atoms with Crippen LogP contribution in [0, 0.1) is 17.3 Å². The Balaban J connectivity index is 2.08. The number of esters is 2. The van der Waals surface area contributed by atoms with Gasteiger partial charge in [0, 0.05) is 11.1 Å². The van der Waals surface area contributed by atoms with Crippen molar-refractivity contribution >= 4 is 17.7 Å². The van der Waals surface area contributed by atoms with E-state index in [2.05, 4.69) is 0 Å². The first-order chi connectivity index (χ1) is 12.1. The van der Waals surface area contributed by atoms with E-state index in [-0.39, 0.29) is 35.4 Å². The molecule has 0 N–H and O–H groups in total. The number of methoxy groups -OCH3 is 1. The Kier molecular flexibility index (Phi) is 5.89. The van der Waals surface area contributed by atoms with Crippen molar-refractivity contribution in [2.24, 2.45) is 17.3 Å². The van der Waals surface area contributed by atoms with Crippen LogP contribution in [0.25, 0.3) is 0 Å². The molecule has 0 radical (unpaired) electrons. The molecule has 5 nitrogen and oxygen atoms in total. The molecule has 142 valence electrons. The second kappa shape index (κ2) is 7.60. The number of allylic oxidation sites excluding steroid dienone is 4. The molecule has 0 aliphatic heterocycles. The van der Waals surface area contributed by atoms with Gasteiger partial charge in [-0.3, -0.25) is 9.59 Å². The average Bonchev–Trinajstić information content (AvgIpc) is 3.01. The highest BCUT2D eigenvalue weighted by atomic mass is 16.5. The zero-order valence-electron chi connectivity index (χ0n) is 16.4. The van der Waals surface area contributed by atoms with Gasteiger partial charge in [0.25, 0.3) is 0 Å². The molecule has 0 amide bonds. The summed E-state index contributed by atoms with van der Waals surface area (Å²) in [7, 11) is 1.33. The van der Waals surface area contributed by atoms with Crippen LogP contribution in [0.2, 0.25) is 0 Å². The van der Waals surface area contributed by atoms with E-state index in [1.165, 1.54) is 7.11 Å². The van der Waals surface area contributed by atoms with Gasteiger partial charge in [0.15, 0.2) is 5.78 Å². The third-order valence-corrected chi connectivity index (χ3v) is 5.58. The summed E-state index contributed by atoms with van der Waals surface area (Å²) in [4.78, 5) is 36.4. The van der Waals surface area contributed by atoms with Crippen LogP contribution in [0.5, 0.6) is 0 Å². The molecular formula is C21H28O5. The Morgan fingerprint density at radius 2 is 1.96 bits per heavy atom. The molecule has 2 rings (SSSR count). The molecule has 0 bridgehead atoms. The number of hydrogen-bond donors (Lipinski definition) is 0. The zero-order valence-corrected chi connectivity index (χ0v) is 16.4.